The van der Waals surface area contributed by atoms with Gasteiger partial charge in [0.15, 0.2) is 0 Å². The van der Waals surface area contributed by atoms with Crippen LogP contribution in [0.15, 0.2) is 73.1 Å². The molecule has 0 aliphatic carbocycles. The van der Waals surface area contributed by atoms with Crippen LogP contribution in [0.5, 0.6) is 0 Å². The topological polar surface area (TPSA) is 77.1 Å². The molecule has 3 rings (SSSR count). The largest absolute Gasteiger partial charge is 0.366 e. The van der Waals surface area contributed by atoms with Crippen molar-refractivity contribution in [1.29, 1.82) is 0 Å². The average Bonchev–Trinajstić information content (AvgIpc) is 3.10. The van der Waals surface area contributed by atoms with Crippen LogP contribution in [0.1, 0.15) is 20.7 Å². The molecular formula is C18H15N3O2. The van der Waals surface area contributed by atoms with Gasteiger partial charge in [-0.05, 0) is 60.7 Å². The van der Waals surface area contributed by atoms with E-state index in [1.165, 1.54) is 0 Å². The minimum atomic E-state index is -0.497. The Morgan fingerprint density at radius 1 is 0.826 bits per heavy atom. The fourth-order valence-corrected chi connectivity index (χ4v) is 2.21. The van der Waals surface area contributed by atoms with Crippen molar-refractivity contribution in [2.75, 3.05) is 5.32 Å². The van der Waals surface area contributed by atoms with Crippen molar-refractivity contribution in [2.45, 2.75) is 0 Å². The second kappa shape index (κ2) is 6.19. The van der Waals surface area contributed by atoms with E-state index in [4.69, 9.17) is 5.73 Å². The minimum absolute atomic E-state index is 0.212. The van der Waals surface area contributed by atoms with E-state index in [-0.39, 0.29) is 5.91 Å². The van der Waals surface area contributed by atoms with Crippen molar-refractivity contribution in [3.63, 3.8) is 0 Å². The Kier molecular flexibility index (Phi) is 3.93. The monoisotopic (exact) mass is 305 g/mol. The number of hydrogen-bond acceptors (Lipinski definition) is 2. The molecule has 0 aliphatic heterocycles. The van der Waals surface area contributed by atoms with Crippen LogP contribution in [-0.2, 0) is 0 Å². The molecule has 0 aliphatic rings. The zero-order chi connectivity index (χ0) is 16.2. The molecule has 0 saturated heterocycles. The first-order valence-electron chi connectivity index (χ1n) is 7.08. The van der Waals surface area contributed by atoms with Gasteiger partial charge in [-0.25, -0.2) is 0 Å². The van der Waals surface area contributed by atoms with E-state index >= 15 is 0 Å². The van der Waals surface area contributed by atoms with Gasteiger partial charge >= 0.3 is 0 Å². The third kappa shape index (κ3) is 3.29. The molecule has 114 valence electrons. The lowest BCUT2D eigenvalue weighted by molar-refractivity contribution is 0.0998. The summed E-state index contributed by atoms with van der Waals surface area (Å²) in [4.78, 5) is 23.2. The highest BCUT2D eigenvalue weighted by atomic mass is 16.2. The van der Waals surface area contributed by atoms with Gasteiger partial charge in [0, 0.05) is 34.9 Å². The maximum absolute atomic E-state index is 12.2. The van der Waals surface area contributed by atoms with Crippen LogP contribution in [0, 0.1) is 0 Å². The number of rotatable bonds is 4. The van der Waals surface area contributed by atoms with E-state index in [0.29, 0.717) is 16.8 Å². The van der Waals surface area contributed by atoms with E-state index in [2.05, 4.69) is 5.32 Å². The molecule has 3 N–H and O–H groups in total. The molecule has 0 radical (unpaired) electrons. The van der Waals surface area contributed by atoms with E-state index < -0.39 is 5.91 Å². The van der Waals surface area contributed by atoms with Gasteiger partial charge < -0.3 is 15.6 Å². The molecule has 0 atom stereocenters. The number of aromatic nitrogens is 1. The van der Waals surface area contributed by atoms with Crippen LogP contribution < -0.4 is 11.1 Å². The predicted molar refractivity (Wildman–Crippen MR) is 88.7 cm³/mol. The molecule has 23 heavy (non-hydrogen) atoms. The number of carbonyl (C=O) groups excluding carboxylic acids is 2. The van der Waals surface area contributed by atoms with E-state index in [1.54, 1.807) is 36.4 Å². The molecule has 1 aromatic heterocycles. The minimum Gasteiger partial charge on any atom is -0.366 e. The molecule has 5 heteroatoms. The molecule has 0 saturated carbocycles. The summed E-state index contributed by atoms with van der Waals surface area (Å²) < 4.78 is 1.96. The van der Waals surface area contributed by atoms with Gasteiger partial charge in [0.05, 0.1) is 0 Å². The van der Waals surface area contributed by atoms with Crippen LogP contribution in [0.4, 0.5) is 5.69 Å². The van der Waals surface area contributed by atoms with Crippen molar-refractivity contribution in [3.8, 4) is 5.69 Å². The first-order valence-corrected chi connectivity index (χ1v) is 7.08. The van der Waals surface area contributed by atoms with Crippen molar-refractivity contribution >= 4 is 17.5 Å². The number of benzene rings is 2. The Balaban J connectivity index is 1.71. The summed E-state index contributed by atoms with van der Waals surface area (Å²) in [6, 6.07) is 17.6. The van der Waals surface area contributed by atoms with Crippen LogP contribution in [0.25, 0.3) is 5.69 Å². The lowest BCUT2D eigenvalue weighted by Gasteiger charge is -2.07. The van der Waals surface area contributed by atoms with E-state index in [0.717, 1.165) is 5.69 Å². The summed E-state index contributed by atoms with van der Waals surface area (Å²) >= 11 is 0. The number of primary amides is 1. The van der Waals surface area contributed by atoms with Gasteiger partial charge in [0.25, 0.3) is 5.91 Å². The molecule has 0 bridgehead atoms. The first kappa shape index (κ1) is 14.6. The van der Waals surface area contributed by atoms with Gasteiger partial charge in [-0.15, -0.1) is 0 Å². The van der Waals surface area contributed by atoms with Gasteiger partial charge in [-0.2, -0.15) is 0 Å². The molecule has 3 aromatic rings. The highest BCUT2D eigenvalue weighted by Gasteiger charge is 2.07. The van der Waals surface area contributed by atoms with E-state index in [1.807, 2.05) is 41.2 Å². The second-order valence-electron chi connectivity index (χ2n) is 5.03. The van der Waals surface area contributed by atoms with Gasteiger partial charge in [0.1, 0.15) is 0 Å². The summed E-state index contributed by atoms with van der Waals surface area (Å²) in [6.45, 7) is 0. The average molecular weight is 305 g/mol. The third-order valence-electron chi connectivity index (χ3n) is 3.46. The predicted octanol–water partition coefficient (Wildman–Crippen LogP) is 2.83. The Labute approximate surface area is 133 Å². The highest BCUT2D eigenvalue weighted by molar-refractivity contribution is 6.04. The molecule has 2 aromatic carbocycles. The summed E-state index contributed by atoms with van der Waals surface area (Å²) in [6.07, 6.45) is 3.88. The number of nitrogens with zero attached hydrogens (tertiary/aromatic N) is 1. The van der Waals surface area contributed by atoms with Crippen molar-refractivity contribution < 1.29 is 9.59 Å². The summed E-state index contributed by atoms with van der Waals surface area (Å²) in [5.74, 6) is -0.709. The number of nitrogens with two attached hydrogens (primary N) is 1. The maximum atomic E-state index is 12.2. The van der Waals surface area contributed by atoms with Gasteiger partial charge in [-0.3, -0.25) is 9.59 Å². The number of carbonyl (C=O) groups is 2. The van der Waals surface area contributed by atoms with Crippen LogP contribution in [0.3, 0.4) is 0 Å². The molecule has 0 fully saturated rings. The number of hydrogen-bond donors (Lipinski definition) is 2. The normalized spacial score (nSPS) is 10.3. The molecule has 1 heterocycles. The van der Waals surface area contributed by atoms with Crippen LogP contribution in [-0.4, -0.2) is 16.4 Å². The van der Waals surface area contributed by atoms with Crippen molar-refractivity contribution in [3.05, 3.63) is 84.2 Å². The zero-order valence-electron chi connectivity index (χ0n) is 12.3. The first-order chi connectivity index (χ1) is 11.1. The Hall–Kier alpha value is -3.34. The number of amides is 2. The van der Waals surface area contributed by atoms with Crippen molar-refractivity contribution in [2.24, 2.45) is 5.73 Å². The summed E-state index contributed by atoms with van der Waals surface area (Å²) in [7, 11) is 0. The quantitative estimate of drug-likeness (QED) is 0.777. The Morgan fingerprint density at radius 2 is 1.39 bits per heavy atom. The highest BCUT2D eigenvalue weighted by Crippen LogP contribution is 2.13. The smallest absolute Gasteiger partial charge is 0.255 e. The lowest BCUT2D eigenvalue weighted by Crippen LogP contribution is -2.13. The van der Waals surface area contributed by atoms with Crippen LogP contribution >= 0.6 is 0 Å². The zero-order valence-corrected chi connectivity index (χ0v) is 12.3. The van der Waals surface area contributed by atoms with Gasteiger partial charge in [0.2, 0.25) is 5.91 Å². The Bertz CT molecular complexity index is 820. The Morgan fingerprint density at radius 3 is 1.96 bits per heavy atom. The third-order valence-corrected chi connectivity index (χ3v) is 3.46. The summed E-state index contributed by atoms with van der Waals surface area (Å²) in [5.41, 5.74) is 7.73. The fraction of sp³-hybridized carbons (Fsp3) is 0. The maximum Gasteiger partial charge on any atom is 0.255 e. The molecule has 2 amide bonds. The number of nitrogens with one attached hydrogen (secondary N) is 1. The fourth-order valence-electron chi connectivity index (χ4n) is 2.21. The molecule has 0 spiro atoms. The molecular weight excluding hydrogens is 290 g/mol. The SMILES string of the molecule is NC(=O)c1ccc(NC(=O)c2ccc(-n3cccc3)cc2)cc1. The number of anilines is 1. The second-order valence-corrected chi connectivity index (χ2v) is 5.03. The van der Waals surface area contributed by atoms with Gasteiger partial charge in [-0.1, -0.05) is 0 Å². The molecule has 0 unspecified atom stereocenters. The van der Waals surface area contributed by atoms with Crippen molar-refractivity contribution in [1.82, 2.24) is 4.57 Å². The molecule has 5 nitrogen and oxygen atoms in total. The standard InChI is InChI=1S/C18H15N3O2/c19-17(22)13-3-7-15(8-4-13)20-18(23)14-5-9-16(10-6-14)21-11-1-2-12-21/h1-12H,(H2,19,22)(H,20,23). The summed E-state index contributed by atoms with van der Waals surface area (Å²) in [5, 5.41) is 2.78. The van der Waals surface area contributed by atoms with Crippen LogP contribution in [0.2, 0.25) is 0 Å². The van der Waals surface area contributed by atoms with E-state index in [9.17, 15) is 9.59 Å². The lowest BCUT2D eigenvalue weighted by atomic mass is 10.1.